The number of allylic oxidation sites excluding steroid dienone is 5. The van der Waals surface area contributed by atoms with E-state index in [1.165, 1.54) is 32.1 Å². The molecule has 0 aromatic heterocycles. The molecule has 128 valence electrons. The van der Waals surface area contributed by atoms with Crippen LogP contribution in [-0.2, 0) is 6.42 Å². The van der Waals surface area contributed by atoms with Crippen LogP contribution in [0.2, 0.25) is 0 Å². The van der Waals surface area contributed by atoms with Crippen molar-refractivity contribution in [3.05, 3.63) is 71.0 Å². The Balaban J connectivity index is 2.62. The van der Waals surface area contributed by atoms with E-state index in [2.05, 4.69) is 31.7 Å². The fourth-order valence-electron chi connectivity index (χ4n) is 2.72. The zero-order valence-electron chi connectivity index (χ0n) is 15.1. The molecule has 0 spiro atoms. The van der Waals surface area contributed by atoms with Gasteiger partial charge in [0.1, 0.15) is 0 Å². The Bertz CT molecular complexity index is 626. The summed E-state index contributed by atoms with van der Waals surface area (Å²) in [6.45, 7) is 8.36. The van der Waals surface area contributed by atoms with Crippen molar-refractivity contribution >= 4 is 0 Å². The van der Waals surface area contributed by atoms with Crippen LogP contribution < -0.4 is 5.73 Å². The lowest BCUT2D eigenvalue weighted by molar-refractivity contribution is 0.632. The average Bonchev–Trinajstić information content (AvgIpc) is 2.58. The molecule has 0 atom stereocenters. The molecule has 0 unspecified atom stereocenters. The molecule has 0 saturated heterocycles. The second-order valence-electron chi connectivity index (χ2n) is 6.24. The third kappa shape index (κ3) is 6.87. The molecule has 2 nitrogen and oxygen atoms in total. The van der Waals surface area contributed by atoms with Gasteiger partial charge in [0.25, 0.3) is 0 Å². The molecule has 0 aliphatic rings. The summed E-state index contributed by atoms with van der Waals surface area (Å²) in [7, 11) is 0. The summed E-state index contributed by atoms with van der Waals surface area (Å²) in [5, 5.41) is 9.14. The standard InChI is InChI=1S/C22H30N2/c1-4-5-6-7-8-12-18(2)22(19(3)24)16-11-15-20-13-9-10-14-21(20)17-23/h9-11,13-14,16H,2,4-8,12,15,24H2,1,3H3/b16-11-,22-19+. The molecular formula is C22H30N2. The van der Waals surface area contributed by atoms with Gasteiger partial charge >= 0.3 is 0 Å². The van der Waals surface area contributed by atoms with Crippen LogP contribution in [0.25, 0.3) is 0 Å². The first-order valence-electron chi connectivity index (χ1n) is 8.89. The summed E-state index contributed by atoms with van der Waals surface area (Å²) < 4.78 is 0. The van der Waals surface area contributed by atoms with E-state index in [9.17, 15) is 0 Å². The third-order valence-corrected chi connectivity index (χ3v) is 4.15. The number of unbranched alkanes of at least 4 members (excludes halogenated alkanes) is 4. The lowest BCUT2D eigenvalue weighted by Gasteiger charge is -2.09. The third-order valence-electron chi connectivity index (χ3n) is 4.15. The van der Waals surface area contributed by atoms with Gasteiger partial charge in [-0.25, -0.2) is 0 Å². The molecule has 0 aliphatic heterocycles. The van der Waals surface area contributed by atoms with Crippen molar-refractivity contribution in [3.8, 4) is 6.07 Å². The minimum atomic E-state index is 0.726. The van der Waals surface area contributed by atoms with Crippen LogP contribution in [0.1, 0.15) is 63.5 Å². The zero-order valence-corrected chi connectivity index (χ0v) is 15.1. The van der Waals surface area contributed by atoms with Gasteiger partial charge < -0.3 is 5.73 Å². The Morgan fingerprint density at radius 3 is 2.58 bits per heavy atom. The van der Waals surface area contributed by atoms with Crippen LogP contribution in [0, 0.1) is 11.3 Å². The Kier molecular flexibility index (Phi) is 9.31. The molecule has 1 rings (SSSR count). The molecule has 0 aliphatic carbocycles. The van der Waals surface area contributed by atoms with Gasteiger partial charge in [-0.05, 0) is 49.0 Å². The second-order valence-corrected chi connectivity index (χ2v) is 6.24. The van der Waals surface area contributed by atoms with Gasteiger partial charge in [0, 0.05) is 5.70 Å². The topological polar surface area (TPSA) is 49.8 Å². The summed E-state index contributed by atoms with van der Waals surface area (Å²) in [5.74, 6) is 0. The van der Waals surface area contributed by atoms with Gasteiger partial charge in [-0.3, -0.25) is 0 Å². The zero-order chi connectivity index (χ0) is 17.8. The van der Waals surface area contributed by atoms with Crippen molar-refractivity contribution in [1.29, 1.82) is 5.26 Å². The number of nitriles is 1. The molecule has 0 amide bonds. The monoisotopic (exact) mass is 322 g/mol. The summed E-state index contributed by atoms with van der Waals surface area (Å²) in [5.41, 5.74) is 10.8. The van der Waals surface area contributed by atoms with Gasteiger partial charge in [0.2, 0.25) is 0 Å². The molecule has 0 heterocycles. The molecular weight excluding hydrogens is 292 g/mol. The van der Waals surface area contributed by atoms with Crippen LogP contribution in [0.5, 0.6) is 0 Å². The van der Waals surface area contributed by atoms with E-state index in [-0.39, 0.29) is 0 Å². The van der Waals surface area contributed by atoms with E-state index in [1.54, 1.807) is 0 Å². The Hall–Kier alpha value is -2.27. The minimum Gasteiger partial charge on any atom is -0.402 e. The fourth-order valence-corrected chi connectivity index (χ4v) is 2.72. The predicted octanol–water partition coefficient (Wildman–Crippen LogP) is 5.81. The van der Waals surface area contributed by atoms with E-state index < -0.39 is 0 Å². The summed E-state index contributed by atoms with van der Waals surface area (Å²) in [4.78, 5) is 0. The predicted molar refractivity (Wildman–Crippen MR) is 103 cm³/mol. The number of hydrogen-bond donors (Lipinski definition) is 1. The number of benzene rings is 1. The SMILES string of the molecule is C=C(CCCCCCC)C(/C=C\Cc1ccccc1C#N)=C(\C)N. The van der Waals surface area contributed by atoms with Gasteiger partial charge in [-0.15, -0.1) is 0 Å². The summed E-state index contributed by atoms with van der Waals surface area (Å²) >= 11 is 0. The van der Waals surface area contributed by atoms with E-state index in [0.29, 0.717) is 0 Å². The van der Waals surface area contributed by atoms with Crippen molar-refractivity contribution in [1.82, 2.24) is 0 Å². The van der Waals surface area contributed by atoms with E-state index in [0.717, 1.165) is 40.8 Å². The van der Waals surface area contributed by atoms with Crippen LogP contribution >= 0.6 is 0 Å². The molecule has 1 aromatic rings. The Labute approximate surface area is 147 Å². The maximum absolute atomic E-state index is 9.14. The quantitative estimate of drug-likeness (QED) is 0.437. The van der Waals surface area contributed by atoms with Crippen molar-refractivity contribution in [2.45, 2.75) is 58.8 Å². The Morgan fingerprint density at radius 2 is 1.92 bits per heavy atom. The number of rotatable bonds is 10. The smallest absolute Gasteiger partial charge is 0.0994 e. The van der Waals surface area contributed by atoms with Crippen molar-refractivity contribution in [2.24, 2.45) is 5.73 Å². The highest BCUT2D eigenvalue weighted by atomic mass is 14.6. The van der Waals surface area contributed by atoms with Crippen LogP contribution in [0.3, 0.4) is 0 Å². The number of nitrogens with two attached hydrogens (primary N) is 1. The molecule has 24 heavy (non-hydrogen) atoms. The van der Waals surface area contributed by atoms with Crippen molar-refractivity contribution in [3.63, 3.8) is 0 Å². The number of nitrogens with zero attached hydrogens (tertiary/aromatic N) is 1. The lowest BCUT2D eigenvalue weighted by Crippen LogP contribution is -1.99. The van der Waals surface area contributed by atoms with E-state index in [1.807, 2.05) is 31.2 Å². The highest BCUT2D eigenvalue weighted by Gasteiger charge is 2.03. The van der Waals surface area contributed by atoms with Gasteiger partial charge in [0.05, 0.1) is 11.6 Å². The maximum atomic E-state index is 9.14. The molecule has 2 N–H and O–H groups in total. The highest BCUT2D eigenvalue weighted by molar-refractivity contribution is 5.42. The molecule has 0 bridgehead atoms. The molecule has 0 saturated carbocycles. The fraction of sp³-hybridized carbons (Fsp3) is 0.409. The van der Waals surface area contributed by atoms with Gasteiger partial charge in [-0.1, -0.05) is 69.5 Å². The molecule has 2 heteroatoms. The van der Waals surface area contributed by atoms with Gasteiger partial charge in [0.15, 0.2) is 0 Å². The van der Waals surface area contributed by atoms with Crippen LogP contribution in [-0.4, -0.2) is 0 Å². The highest BCUT2D eigenvalue weighted by Crippen LogP contribution is 2.20. The lowest BCUT2D eigenvalue weighted by atomic mass is 9.97. The summed E-state index contributed by atoms with van der Waals surface area (Å²) in [6.07, 6.45) is 12.1. The maximum Gasteiger partial charge on any atom is 0.0994 e. The van der Waals surface area contributed by atoms with Crippen molar-refractivity contribution < 1.29 is 0 Å². The van der Waals surface area contributed by atoms with E-state index >= 15 is 0 Å². The first-order valence-corrected chi connectivity index (χ1v) is 8.89. The Morgan fingerprint density at radius 1 is 1.21 bits per heavy atom. The van der Waals surface area contributed by atoms with Crippen molar-refractivity contribution in [2.75, 3.05) is 0 Å². The number of hydrogen-bond acceptors (Lipinski definition) is 2. The largest absolute Gasteiger partial charge is 0.402 e. The normalized spacial score (nSPS) is 12.0. The summed E-state index contributed by atoms with van der Waals surface area (Å²) in [6, 6.07) is 9.93. The molecule has 0 radical (unpaired) electrons. The molecule has 0 fully saturated rings. The first-order chi connectivity index (χ1) is 11.6. The minimum absolute atomic E-state index is 0.726. The first kappa shape index (κ1) is 19.8. The van der Waals surface area contributed by atoms with Gasteiger partial charge in [-0.2, -0.15) is 5.26 Å². The second kappa shape index (κ2) is 11.3. The van der Waals surface area contributed by atoms with Crippen LogP contribution in [0.15, 0.2) is 59.8 Å². The molecule has 1 aromatic carbocycles. The average molecular weight is 322 g/mol. The van der Waals surface area contributed by atoms with Crippen LogP contribution in [0.4, 0.5) is 0 Å². The van der Waals surface area contributed by atoms with E-state index in [4.69, 9.17) is 11.0 Å².